The molecule has 0 radical (unpaired) electrons. The van der Waals surface area contributed by atoms with Gasteiger partial charge in [0, 0.05) is 25.0 Å². The molecule has 4 rings (SSSR count). The number of ether oxygens (including phenoxy) is 1. The van der Waals surface area contributed by atoms with Crippen LogP contribution in [0.2, 0.25) is 0 Å². The van der Waals surface area contributed by atoms with Gasteiger partial charge in [0.1, 0.15) is 12.4 Å². The number of nitrogens with zero attached hydrogens (tertiary/aromatic N) is 1. The van der Waals surface area contributed by atoms with Gasteiger partial charge >= 0.3 is 0 Å². The molecule has 1 saturated heterocycles. The minimum absolute atomic E-state index is 0.122. The van der Waals surface area contributed by atoms with E-state index in [1.807, 2.05) is 30.3 Å². The Labute approximate surface area is 174 Å². The molecule has 1 saturated carbocycles. The lowest BCUT2D eigenvalue weighted by atomic mass is 9.72. The summed E-state index contributed by atoms with van der Waals surface area (Å²) in [5, 5.41) is 11.5. The molecule has 0 aromatic heterocycles. The van der Waals surface area contributed by atoms with Crippen molar-refractivity contribution in [3.8, 4) is 5.75 Å². The average Bonchev–Trinajstić information content (AvgIpc) is 3.17. The molecule has 4 nitrogen and oxygen atoms in total. The largest absolute Gasteiger partial charge is 0.489 e. The van der Waals surface area contributed by atoms with Crippen LogP contribution in [0, 0.1) is 0 Å². The molecule has 1 heterocycles. The Hall–Kier alpha value is -1.88. The second kappa shape index (κ2) is 9.29. The second-order valence-electron chi connectivity index (χ2n) is 8.87. The lowest BCUT2D eigenvalue weighted by Gasteiger charge is -2.41. The van der Waals surface area contributed by atoms with Crippen molar-refractivity contribution in [3.63, 3.8) is 0 Å². The summed E-state index contributed by atoms with van der Waals surface area (Å²) in [7, 11) is 0. The molecule has 0 bridgehead atoms. The number of likely N-dealkylation sites (tertiary alicyclic amines) is 1. The predicted octanol–water partition coefficient (Wildman–Crippen LogP) is 4.08. The van der Waals surface area contributed by atoms with Gasteiger partial charge in [-0.1, -0.05) is 61.7 Å². The van der Waals surface area contributed by atoms with Crippen molar-refractivity contribution in [2.45, 2.75) is 62.7 Å². The number of hydrogen-bond acceptors (Lipinski definition) is 4. The number of hydrogen-bond donors (Lipinski definition) is 2. The Balaban J connectivity index is 1.47. The van der Waals surface area contributed by atoms with Crippen LogP contribution in [-0.4, -0.2) is 41.3 Å². The van der Waals surface area contributed by atoms with Crippen LogP contribution in [0.5, 0.6) is 5.75 Å². The SMILES string of the molecule is N[C@@H]1CCN(CC(c2ccc(OCc3ccccc3)cc2)C2(O)CCCCC2)C1. The Morgan fingerprint density at radius 1 is 1.03 bits per heavy atom. The van der Waals surface area contributed by atoms with E-state index in [1.165, 1.54) is 12.0 Å². The first-order valence-corrected chi connectivity index (χ1v) is 11.1. The van der Waals surface area contributed by atoms with Crippen molar-refractivity contribution < 1.29 is 9.84 Å². The molecule has 3 N–H and O–H groups in total. The summed E-state index contributed by atoms with van der Waals surface area (Å²) in [5.74, 6) is 0.992. The molecule has 2 aromatic rings. The van der Waals surface area contributed by atoms with Gasteiger partial charge in [-0.25, -0.2) is 0 Å². The van der Waals surface area contributed by atoms with Gasteiger partial charge in [-0.05, 0) is 49.1 Å². The lowest BCUT2D eigenvalue weighted by molar-refractivity contribution is -0.0294. The van der Waals surface area contributed by atoms with E-state index in [4.69, 9.17) is 10.5 Å². The van der Waals surface area contributed by atoms with Gasteiger partial charge in [-0.3, -0.25) is 0 Å². The van der Waals surface area contributed by atoms with Crippen LogP contribution in [0.1, 0.15) is 55.6 Å². The summed E-state index contributed by atoms with van der Waals surface area (Å²) in [6.45, 7) is 3.42. The zero-order chi connectivity index (χ0) is 20.1. The summed E-state index contributed by atoms with van der Waals surface area (Å²) in [4.78, 5) is 2.43. The average molecular weight is 395 g/mol. The fraction of sp³-hybridized carbons (Fsp3) is 0.520. The molecule has 2 aliphatic rings. The number of nitrogens with two attached hydrogens (primary N) is 1. The molecule has 2 aromatic carbocycles. The molecule has 2 atom stereocenters. The normalized spacial score (nSPS) is 23.0. The van der Waals surface area contributed by atoms with Gasteiger partial charge in [-0.2, -0.15) is 0 Å². The van der Waals surface area contributed by atoms with E-state index in [1.54, 1.807) is 0 Å². The molecule has 0 spiro atoms. The van der Waals surface area contributed by atoms with Crippen LogP contribution in [0.3, 0.4) is 0 Å². The second-order valence-corrected chi connectivity index (χ2v) is 8.87. The topological polar surface area (TPSA) is 58.7 Å². The van der Waals surface area contributed by atoms with Crippen LogP contribution < -0.4 is 10.5 Å². The maximum Gasteiger partial charge on any atom is 0.119 e. The molecule has 0 amide bonds. The van der Waals surface area contributed by atoms with E-state index in [0.29, 0.717) is 6.61 Å². The summed E-state index contributed by atoms with van der Waals surface area (Å²) in [6.07, 6.45) is 6.30. The van der Waals surface area contributed by atoms with Gasteiger partial charge in [0.2, 0.25) is 0 Å². The molecule has 4 heteroatoms. The molecule has 2 fully saturated rings. The quantitative estimate of drug-likeness (QED) is 0.743. The van der Waals surface area contributed by atoms with Crippen LogP contribution in [0.4, 0.5) is 0 Å². The van der Waals surface area contributed by atoms with Crippen molar-refractivity contribution in [1.29, 1.82) is 0 Å². The zero-order valence-corrected chi connectivity index (χ0v) is 17.3. The molecule has 156 valence electrons. The lowest BCUT2D eigenvalue weighted by Crippen LogP contribution is -2.44. The van der Waals surface area contributed by atoms with Gasteiger partial charge in [0.15, 0.2) is 0 Å². The van der Waals surface area contributed by atoms with Crippen LogP contribution >= 0.6 is 0 Å². The Morgan fingerprint density at radius 3 is 2.41 bits per heavy atom. The smallest absolute Gasteiger partial charge is 0.119 e. The van der Waals surface area contributed by atoms with Crippen molar-refractivity contribution >= 4 is 0 Å². The highest BCUT2D eigenvalue weighted by Gasteiger charge is 2.40. The number of rotatable bonds is 7. The van der Waals surface area contributed by atoms with E-state index < -0.39 is 5.60 Å². The van der Waals surface area contributed by atoms with Crippen molar-refractivity contribution in [1.82, 2.24) is 4.90 Å². The first kappa shape index (κ1) is 20.4. The molecular formula is C25H34N2O2. The van der Waals surface area contributed by atoms with Gasteiger partial charge < -0.3 is 20.5 Å². The van der Waals surface area contributed by atoms with Crippen LogP contribution in [-0.2, 0) is 6.61 Å². The predicted molar refractivity (Wildman–Crippen MR) is 117 cm³/mol. The highest BCUT2D eigenvalue weighted by Crippen LogP contribution is 2.41. The van der Waals surface area contributed by atoms with Crippen LogP contribution in [0.25, 0.3) is 0 Å². The number of aliphatic hydroxyl groups is 1. The van der Waals surface area contributed by atoms with E-state index in [0.717, 1.165) is 63.1 Å². The molecular weight excluding hydrogens is 360 g/mol. The van der Waals surface area contributed by atoms with Gasteiger partial charge in [0.25, 0.3) is 0 Å². The Kier molecular flexibility index (Phi) is 6.53. The Bertz CT molecular complexity index is 756. The van der Waals surface area contributed by atoms with E-state index in [9.17, 15) is 5.11 Å². The van der Waals surface area contributed by atoms with E-state index >= 15 is 0 Å². The standard InChI is InChI=1S/C25H34N2O2/c26-22-13-16-27(17-22)18-24(25(28)14-5-2-6-15-25)21-9-11-23(12-10-21)29-19-20-7-3-1-4-8-20/h1,3-4,7-12,22,24,28H,2,5-6,13-19,26H2/t22-,24?/m1/s1. The highest BCUT2D eigenvalue weighted by molar-refractivity contribution is 5.32. The minimum atomic E-state index is -0.614. The first-order chi connectivity index (χ1) is 14.1. The fourth-order valence-electron chi connectivity index (χ4n) is 4.92. The van der Waals surface area contributed by atoms with E-state index in [-0.39, 0.29) is 12.0 Å². The summed E-state index contributed by atoms with van der Waals surface area (Å²) >= 11 is 0. The van der Waals surface area contributed by atoms with Crippen molar-refractivity contribution in [2.24, 2.45) is 5.73 Å². The zero-order valence-electron chi connectivity index (χ0n) is 17.3. The fourth-order valence-corrected chi connectivity index (χ4v) is 4.92. The molecule has 1 aliphatic carbocycles. The third kappa shape index (κ3) is 5.19. The summed E-state index contributed by atoms with van der Waals surface area (Å²) in [5.41, 5.74) is 7.89. The Morgan fingerprint density at radius 2 is 1.76 bits per heavy atom. The summed E-state index contributed by atoms with van der Waals surface area (Å²) in [6, 6.07) is 18.9. The van der Waals surface area contributed by atoms with Crippen molar-refractivity contribution in [3.05, 3.63) is 65.7 Å². The maximum atomic E-state index is 11.5. The maximum absolute atomic E-state index is 11.5. The molecule has 1 unspecified atom stereocenters. The monoisotopic (exact) mass is 394 g/mol. The highest BCUT2D eigenvalue weighted by atomic mass is 16.5. The van der Waals surface area contributed by atoms with Gasteiger partial charge in [0.05, 0.1) is 5.60 Å². The van der Waals surface area contributed by atoms with E-state index in [2.05, 4.69) is 29.2 Å². The summed E-state index contributed by atoms with van der Waals surface area (Å²) < 4.78 is 5.96. The van der Waals surface area contributed by atoms with Gasteiger partial charge in [-0.15, -0.1) is 0 Å². The molecule has 29 heavy (non-hydrogen) atoms. The first-order valence-electron chi connectivity index (χ1n) is 11.1. The minimum Gasteiger partial charge on any atom is -0.489 e. The van der Waals surface area contributed by atoms with Crippen molar-refractivity contribution in [2.75, 3.05) is 19.6 Å². The van der Waals surface area contributed by atoms with Crippen LogP contribution in [0.15, 0.2) is 54.6 Å². The third-order valence-corrected chi connectivity index (χ3v) is 6.65. The molecule has 1 aliphatic heterocycles. The number of benzene rings is 2. The third-order valence-electron chi connectivity index (χ3n) is 6.65.